The summed E-state index contributed by atoms with van der Waals surface area (Å²) >= 11 is 0. The molecule has 0 bridgehead atoms. The molecule has 0 heterocycles. The summed E-state index contributed by atoms with van der Waals surface area (Å²) in [6.45, 7) is 1.95. The number of amides is 1. The van der Waals surface area contributed by atoms with E-state index in [1.807, 2.05) is 14.0 Å². The lowest BCUT2D eigenvalue weighted by atomic mass is 10.2. The van der Waals surface area contributed by atoms with E-state index in [4.69, 9.17) is 9.47 Å². The van der Waals surface area contributed by atoms with Crippen molar-refractivity contribution in [3.05, 3.63) is 18.2 Å². The molecular formula is C13H20N2O3. The quantitative estimate of drug-likeness (QED) is 0.808. The summed E-state index contributed by atoms with van der Waals surface area (Å²) in [4.78, 5) is 11.8. The van der Waals surface area contributed by atoms with E-state index in [1.165, 1.54) is 0 Å². The molecule has 0 aliphatic heterocycles. The second-order valence-electron chi connectivity index (χ2n) is 4.01. The van der Waals surface area contributed by atoms with Crippen LogP contribution in [-0.2, 0) is 4.79 Å². The van der Waals surface area contributed by atoms with E-state index in [9.17, 15) is 4.79 Å². The number of hydrogen-bond donors (Lipinski definition) is 2. The van der Waals surface area contributed by atoms with Gasteiger partial charge in [-0.1, -0.05) is 0 Å². The monoisotopic (exact) mass is 252 g/mol. The van der Waals surface area contributed by atoms with Gasteiger partial charge in [0, 0.05) is 18.5 Å². The van der Waals surface area contributed by atoms with E-state index < -0.39 is 0 Å². The van der Waals surface area contributed by atoms with Gasteiger partial charge >= 0.3 is 0 Å². The van der Waals surface area contributed by atoms with Gasteiger partial charge in [-0.3, -0.25) is 4.79 Å². The van der Waals surface area contributed by atoms with Crippen LogP contribution in [0.15, 0.2) is 18.2 Å². The average Bonchev–Trinajstić information content (AvgIpc) is 2.38. The van der Waals surface area contributed by atoms with Gasteiger partial charge in [0.25, 0.3) is 0 Å². The molecule has 2 N–H and O–H groups in total. The first kappa shape index (κ1) is 14.3. The van der Waals surface area contributed by atoms with Gasteiger partial charge in [-0.25, -0.2) is 0 Å². The first-order valence-electron chi connectivity index (χ1n) is 5.79. The van der Waals surface area contributed by atoms with Crippen molar-refractivity contribution < 1.29 is 14.3 Å². The highest BCUT2D eigenvalue weighted by atomic mass is 16.5. The zero-order valence-corrected chi connectivity index (χ0v) is 11.2. The van der Waals surface area contributed by atoms with Gasteiger partial charge in [0.1, 0.15) is 11.5 Å². The van der Waals surface area contributed by atoms with E-state index in [2.05, 4.69) is 10.6 Å². The van der Waals surface area contributed by atoms with Crippen LogP contribution in [0.5, 0.6) is 11.5 Å². The summed E-state index contributed by atoms with van der Waals surface area (Å²) in [5.74, 6) is 1.22. The first-order chi connectivity index (χ1) is 8.60. The van der Waals surface area contributed by atoms with Crippen LogP contribution in [-0.4, -0.2) is 33.2 Å². The number of anilines is 1. The molecule has 1 aromatic carbocycles. The Morgan fingerprint density at radius 2 is 2.06 bits per heavy atom. The number of ether oxygens (including phenoxy) is 2. The Balaban J connectivity index is 2.78. The van der Waals surface area contributed by atoms with E-state index in [1.54, 1.807) is 32.4 Å². The number of rotatable bonds is 6. The third kappa shape index (κ3) is 3.92. The zero-order valence-electron chi connectivity index (χ0n) is 11.2. The van der Waals surface area contributed by atoms with Gasteiger partial charge in [0.15, 0.2) is 0 Å². The summed E-state index contributed by atoms with van der Waals surface area (Å²) < 4.78 is 10.3. The molecule has 0 saturated carbocycles. The van der Waals surface area contributed by atoms with Crippen molar-refractivity contribution in [3.8, 4) is 11.5 Å². The molecule has 0 fully saturated rings. The minimum Gasteiger partial charge on any atom is -0.497 e. The summed E-state index contributed by atoms with van der Waals surface area (Å²) in [5, 5.41) is 5.83. The number of methoxy groups -OCH3 is 2. The molecule has 18 heavy (non-hydrogen) atoms. The lowest BCUT2D eigenvalue weighted by molar-refractivity contribution is -0.116. The Kier molecular flexibility index (Phi) is 5.45. The summed E-state index contributed by atoms with van der Waals surface area (Å²) in [7, 11) is 4.97. The fourth-order valence-electron chi connectivity index (χ4n) is 1.49. The maximum Gasteiger partial charge on any atom is 0.226 e. The standard InChI is InChI=1S/C13H20N2O3/c1-9(14-2)7-13(16)15-11-8-10(17-3)5-6-12(11)18-4/h5-6,8-9,14H,7H2,1-4H3,(H,15,16). The summed E-state index contributed by atoms with van der Waals surface area (Å²) in [6.07, 6.45) is 0.400. The van der Waals surface area contributed by atoms with Crippen LogP contribution in [0.1, 0.15) is 13.3 Å². The van der Waals surface area contributed by atoms with Gasteiger partial charge in [-0.2, -0.15) is 0 Å². The van der Waals surface area contributed by atoms with Crippen molar-refractivity contribution in [1.82, 2.24) is 5.32 Å². The Labute approximate surface area is 107 Å². The minimum absolute atomic E-state index is 0.0663. The predicted molar refractivity (Wildman–Crippen MR) is 71.3 cm³/mol. The number of carbonyl (C=O) groups excluding carboxylic acids is 1. The lowest BCUT2D eigenvalue weighted by Gasteiger charge is -2.13. The summed E-state index contributed by atoms with van der Waals surface area (Å²) in [6, 6.07) is 5.41. The predicted octanol–water partition coefficient (Wildman–Crippen LogP) is 1.64. The number of nitrogens with one attached hydrogen (secondary N) is 2. The van der Waals surface area contributed by atoms with Gasteiger partial charge in [0.2, 0.25) is 5.91 Å². The zero-order chi connectivity index (χ0) is 13.5. The van der Waals surface area contributed by atoms with E-state index >= 15 is 0 Å². The molecule has 1 unspecified atom stereocenters. The van der Waals surface area contributed by atoms with Gasteiger partial charge in [-0.05, 0) is 26.1 Å². The fraction of sp³-hybridized carbons (Fsp3) is 0.462. The number of hydrogen-bond acceptors (Lipinski definition) is 4. The Hall–Kier alpha value is -1.75. The second-order valence-corrected chi connectivity index (χ2v) is 4.01. The molecule has 5 heteroatoms. The maximum absolute atomic E-state index is 11.8. The molecule has 1 rings (SSSR count). The van der Waals surface area contributed by atoms with Crippen LogP contribution < -0.4 is 20.1 Å². The molecule has 0 spiro atoms. The molecule has 100 valence electrons. The van der Waals surface area contributed by atoms with Crippen molar-refractivity contribution in [3.63, 3.8) is 0 Å². The van der Waals surface area contributed by atoms with Crippen molar-refractivity contribution in [1.29, 1.82) is 0 Å². The van der Waals surface area contributed by atoms with Crippen molar-refractivity contribution in [2.24, 2.45) is 0 Å². The fourth-order valence-corrected chi connectivity index (χ4v) is 1.49. The number of carbonyl (C=O) groups is 1. The van der Waals surface area contributed by atoms with Crippen LogP contribution in [0.2, 0.25) is 0 Å². The molecular weight excluding hydrogens is 232 g/mol. The van der Waals surface area contributed by atoms with Crippen LogP contribution in [0.4, 0.5) is 5.69 Å². The average molecular weight is 252 g/mol. The Morgan fingerprint density at radius 3 is 2.61 bits per heavy atom. The molecule has 1 amide bonds. The molecule has 0 aliphatic carbocycles. The Morgan fingerprint density at radius 1 is 1.33 bits per heavy atom. The van der Waals surface area contributed by atoms with Crippen LogP contribution >= 0.6 is 0 Å². The van der Waals surface area contributed by atoms with Crippen LogP contribution in [0.25, 0.3) is 0 Å². The van der Waals surface area contributed by atoms with Gasteiger partial charge < -0.3 is 20.1 Å². The minimum atomic E-state index is -0.0663. The third-order valence-electron chi connectivity index (χ3n) is 2.67. The van der Waals surface area contributed by atoms with Crippen LogP contribution in [0, 0.1) is 0 Å². The Bertz CT molecular complexity index is 407. The summed E-state index contributed by atoms with van der Waals surface area (Å²) in [5.41, 5.74) is 0.616. The van der Waals surface area contributed by atoms with Gasteiger partial charge in [0.05, 0.1) is 19.9 Å². The van der Waals surface area contributed by atoms with E-state index in [0.717, 1.165) is 0 Å². The molecule has 5 nitrogen and oxygen atoms in total. The van der Waals surface area contributed by atoms with Crippen molar-refractivity contribution in [2.45, 2.75) is 19.4 Å². The van der Waals surface area contributed by atoms with Crippen molar-refractivity contribution >= 4 is 11.6 Å². The topological polar surface area (TPSA) is 59.6 Å². The first-order valence-corrected chi connectivity index (χ1v) is 5.79. The SMILES string of the molecule is CNC(C)CC(=O)Nc1cc(OC)ccc1OC. The molecule has 0 aliphatic rings. The number of benzene rings is 1. The third-order valence-corrected chi connectivity index (χ3v) is 2.67. The normalized spacial score (nSPS) is 11.8. The smallest absolute Gasteiger partial charge is 0.226 e. The van der Waals surface area contributed by atoms with Crippen molar-refractivity contribution in [2.75, 3.05) is 26.6 Å². The van der Waals surface area contributed by atoms with E-state index in [0.29, 0.717) is 23.6 Å². The van der Waals surface area contributed by atoms with Crippen LogP contribution in [0.3, 0.4) is 0 Å². The highest BCUT2D eigenvalue weighted by molar-refractivity contribution is 5.92. The lowest BCUT2D eigenvalue weighted by Crippen LogP contribution is -2.27. The molecule has 1 atom stereocenters. The highest BCUT2D eigenvalue weighted by Crippen LogP contribution is 2.28. The highest BCUT2D eigenvalue weighted by Gasteiger charge is 2.11. The molecule has 1 aromatic rings. The second kappa shape index (κ2) is 6.86. The molecule has 0 saturated heterocycles. The molecule has 0 aromatic heterocycles. The van der Waals surface area contributed by atoms with E-state index in [-0.39, 0.29) is 11.9 Å². The largest absolute Gasteiger partial charge is 0.497 e. The maximum atomic E-state index is 11.8. The van der Waals surface area contributed by atoms with Gasteiger partial charge in [-0.15, -0.1) is 0 Å². The molecule has 0 radical (unpaired) electrons.